The zero-order valence-electron chi connectivity index (χ0n) is 14.8. The molecule has 132 valence electrons. The summed E-state index contributed by atoms with van der Waals surface area (Å²) in [5, 5.41) is 6.86. The first-order chi connectivity index (χ1) is 12.4. The highest BCUT2D eigenvalue weighted by atomic mass is 16.5. The van der Waals surface area contributed by atoms with Crippen molar-refractivity contribution in [1.29, 1.82) is 0 Å². The van der Waals surface area contributed by atoms with E-state index in [1.165, 1.54) is 11.1 Å². The van der Waals surface area contributed by atoms with Gasteiger partial charge >= 0.3 is 0 Å². The van der Waals surface area contributed by atoms with Gasteiger partial charge in [-0.3, -0.25) is 4.99 Å². The fraction of sp³-hybridized carbons (Fsp3) is 0.381. The van der Waals surface area contributed by atoms with E-state index in [4.69, 9.17) is 4.74 Å². The Labute approximate surface area is 150 Å². The fourth-order valence-corrected chi connectivity index (χ4v) is 3.23. The van der Waals surface area contributed by atoms with Crippen molar-refractivity contribution in [3.8, 4) is 0 Å². The molecule has 1 aliphatic heterocycles. The molecule has 3 rings (SSSR count). The van der Waals surface area contributed by atoms with Gasteiger partial charge in [0.1, 0.15) is 0 Å². The summed E-state index contributed by atoms with van der Waals surface area (Å²) in [5.74, 6) is 1.11. The van der Waals surface area contributed by atoms with Gasteiger partial charge < -0.3 is 15.4 Å². The quantitative estimate of drug-likeness (QED) is 0.629. The molecule has 2 aromatic rings. The van der Waals surface area contributed by atoms with E-state index in [-0.39, 0.29) is 5.92 Å². The maximum atomic E-state index is 5.67. The SMILES string of the molecule is CN=C(NCC1CCCO1)NCC(c1ccccc1)c1ccccc1. The predicted molar refractivity (Wildman–Crippen MR) is 103 cm³/mol. The van der Waals surface area contributed by atoms with E-state index >= 15 is 0 Å². The molecule has 1 atom stereocenters. The van der Waals surface area contributed by atoms with Gasteiger partial charge in [0.2, 0.25) is 0 Å². The van der Waals surface area contributed by atoms with Gasteiger partial charge in [-0.2, -0.15) is 0 Å². The van der Waals surface area contributed by atoms with E-state index in [0.717, 1.165) is 38.5 Å². The molecule has 1 heterocycles. The highest BCUT2D eigenvalue weighted by Crippen LogP contribution is 2.23. The molecular formula is C21H27N3O. The summed E-state index contributed by atoms with van der Waals surface area (Å²) in [6.07, 6.45) is 2.58. The Bertz CT molecular complexity index is 612. The van der Waals surface area contributed by atoms with Crippen molar-refractivity contribution in [2.45, 2.75) is 24.9 Å². The van der Waals surface area contributed by atoms with Crippen LogP contribution in [-0.2, 0) is 4.74 Å². The molecule has 2 N–H and O–H groups in total. The van der Waals surface area contributed by atoms with Crippen molar-refractivity contribution in [3.63, 3.8) is 0 Å². The maximum absolute atomic E-state index is 5.67. The van der Waals surface area contributed by atoms with Crippen molar-refractivity contribution in [3.05, 3.63) is 71.8 Å². The first kappa shape index (κ1) is 17.5. The smallest absolute Gasteiger partial charge is 0.191 e. The summed E-state index contributed by atoms with van der Waals surface area (Å²) in [7, 11) is 1.81. The van der Waals surface area contributed by atoms with Crippen LogP contribution >= 0.6 is 0 Å². The van der Waals surface area contributed by atoms with Crippen LogP contribution in [0.25, 0.3) is 0 Å². The minimum atomic E-state index is 0.281. The third-order valence-corrected chi connectivity index (χ3v) is 4.62. The largest absolute Gasteiger partial charge is 0.376 e. The normalized spacial score (nSPS) is 17.7. The van der Waals surface area contributed by atoms with Crippen LogP contribution in [0.2, 0.25) is 0 Å². The molecular weight excluding hydrogens is 310 g/mol. The molecule has 0 bridgehead atoms. The number of hydrogen-bond acceptors (Lipinski definition) is 2. The lowest BCUT2D eigenvalue weighted by molar-refractivity contribution is 0.114. The topological polar surface area (TPSA) is 45.7 Å². The van der Waals surface area contributed by atoms with Crippen LogP contribution in [0, 0.1) is 0 Å². The minimum absolute atomic E-state index is 0.281. The van der Waals surface area contributed by atoms with Crippen molar-refractivity contribution in [2.75, 3.05) is 26.7 Å². The zero-order chi connectivity index (χ0) is 17.3. The zero-order valence-corrected chi connectivity index (χ0v) is 14.8. The van der Waals surface area contributed by atoms with Gasteiger partial charge in [0.15, 0.2) is 5.96 Å². The molecule has 4 nitrogen and oxygen atoms in total. The minimum Gasteiger partial charge on any atom is -0.376 e. The van der Waals surface area contributed by atoms with E-state index in [1.807, 2.05) is 7.05 Å². The average molecular weight is 337 g/mol. The van der Waals surface area contributed by atoms with Crippen LogP contribution in [0.15, 0.2) is 65.7 Å². The van der Waals surface area contributed by atoms with E-state index < -0.39 is 0 Å². The van der Waals surface area contributed by atoms with Crippen molar-refractivity contribution in [1.82, 2.24) is 10.6 Å². The first-order valence-electron chi connectivity index (χ1n) is 9.03. The van der Waals surface area contributed by atoms with Gasteiger partial charge in [0, 0.05) is 32.7 Å². The predicted octanol–water partition coefficient (Wildman–Crippen LogP) is 3.16. The lowest BCUT2D eigenvalue weighted by Crippen LogP contribution is -2.42. The summed E-state index contributed by atoms with van der Waals surface area (Å²) < 4.78 is 5.67. The molecule has 0 aliphatic carbocycles. The Hall–Kier alpha value is -2.33. The van der Waals surface area contributed by atoms with Crippen LogP contribution < -0.4 is 10.6 Å². The van der Waals surface area contributed by atoms with Gasteiger partial charge in [-0.25, -0.2) is 0 Å². The summed E-state index contributed by atoms with van der Waals surface area (Å²) in [4.78, 5) is 4.35. The Morgan fingerprint density at radius 3 is 2.20 bits per heavy atom. The van der Waals surface area contributed by atoms with Crippen LogP contribution in [0.3, 0.4) is 0 Å². The average Bonchev–Trinajstić information content (AvgIpc) is 3.20. The molecule has 0 aromatic heterocycles. The molecule has 2 aromatic carbocycles. The van der Waals surface area contributed by atoms with Crippen LogP contribution in [0.1, 0.15) is 29.9 Å². The summed E-state index contributed by atoms with van der Waals surface area (Å²) in [5.41, 5.74) is 2.60. The monoisotopic (exact) mass is 337 g/mol. The second-order valence-electron chi connectivity index (χ2n) is 6.34. The third kappa shape index (κ3) is 5.07. The highest BCUT2D eigenvalue weighted by molar-refractivity contribution is 5.79. The molecule has 0 radical (unpaired) electrons. The van der Waals surface area contributed by atoms with E-state index in [9.17, 15) is 0 Å². The molecule has 1 fully saturated rings. The van der Waals surface area contributed by atoms with E-state index in [0.29, 0.717) is 6.10 Å². The van der Waals surface area contributed by atoms with Gasteiger partial charge in [-0.1, -0.05) is 60.7 Å². The second-order valence-corrected chi connectivity index (χ2v) is 6.34. The highest BCUT2D eigenvalue weighted by Gasteiger charge is 2.17. The lowest BCUT2D eigenvalue weighted by Gasteiger charge is -2.21. The Balaban J connectivity index is 1.63. The molecule has 1 saturated heterocycles. The van der Waals surface area contributed by atoms with Gasteiger partial charge in [0.25, 0.3) is 0 Å². The van der Waals surface area contributed by atoms with Crippen LogP contribution in [0.4, 0.5) is 0 Å². The second kappa shape index (κ2) is 9.23. The lowest BCUT2D eigenvalue weighted by atomic mass is 9.91. The van der Waals surface area contributed by atoms with Crippen molar-refractivity contribution >= 4 is 5.96 Å². The third-order valence-electron chi connectivity index (χ3n) is 4.62. The molecule has 1 aliphatic rings. The number of nitrogens with one attached hydrogen (secondary N) is 2. The summed E-state index contributed by atoms with van der Waals surface area (Å²) in [6.45, 7) is 2.47. The number of nitrogens with zero attached hydrogens (tertiary/aromatic N) is 1. The van der Waals surface area contributed by atoms with Gasteiger partial charge in [0.05, 0.1) is 6.10 Å². The molecule has 0 amide bonds. The Morgan fingerprint density at radius 2 is 1.68 bits per heavy atom. The number of rotatable bonds is 6. The number of aliphatic imine (C=N–C) groups is 1. The maximum Gasteiger partial charge on any atom is 0.191 e. The molecule has 0 saturated carbocycles. The summed E-state index contributed by atoms with van der Waals surface area (Å²) >= 11 is 0. The van der Waals surface area contributed by atoms with Crippen molar-refractivity contribution in [2.24, 2.45) is 4.99 Å². The Morgan fingerprint density at radius 1 is 1.04 bits per heavy atom. The number of benzene rings is 2. The fourth-order valence-electron chi connectivity index (χ4n) is 3.23. The standard InChI is InChI=1S/C21H27N3O/c1-22-21(23-15-19-13-8-14-25-19)24-16-20(17-9-4-2-5-10-17)18-11-6-3-7-12-18/h2-7,9-12,19-20H,8,13-16H2,1H3,(H2,22,23,24). The molecule has 25 heavy (non-hydrogen) atoms. The van der Waals surface area contributed by atoms with Gasteiger partial charge in [-0.15, -0.1) is 0 Å². The first-order valence-corrected chi connectivity index (χ1v) is 9.03. The molecule has 0 spiro atoms. The van der Waals surface area contributed by atoms with Gasteiger partial charge in [-0.05, 0) is 24.0 Å². The van der Waals surface area contributed by atoms with Crippen LogP contribution in [0.5, 0.6) is 0 Å². The number of guanidine groups is 1. The number of ether oxygens (including phenoxy) is 1. The van der Waals surface area contributed by atoms with Crippen LogP contribution in [-0.4, -0.2) is 38.8 Å². The number of hydrogen-bond donors (Lipinski definition) is 2. The van der Waals surface area contributed by atoms with Crippen molar-refractivity contribution < 1.29 is 4.74 Å². The molecule has 4 heteroatoms. The molecule has 1 unspecified atom stereocenters. The summed E-state index contributed by atoms with van der Waals surface area (Å²) in [6, 6.07) is 21.2. The Kier molecular flexibility index (Phi) is 6.46. The van der Waals surface area contributed by atoms with E-state index in [2.05, 4.69) is 76.3 Å². The van der Waals surface area contributed by atoms with E-state index in [1.54, 1.807) is 0 Å².